The minimum Gasteiger partial charge on any atom is -0.478 e. The fourth-order valence-corrected chi connectivity index (χ4v) is 4.40. The van der Waals surface area contributed by atoms with Gasteiger partial charge in [0.15, 0.2) is 0 Å². The Kier molecular flexibility index (Phi) is 5.59. The number of hydrogen-bond donors (Lipinski definition) is 3. The van der Waals surface area contributed by atoms with Crippen molar-refractivity contribution in [3.63, 3.8) is 0 Å². The molecule has 3 amide bonds. The molecule has 3 N–H and O–H groups in total. The van der Waals surface area contributed by atoms with Crippen LogP contribution in [0.25, 0.3) is 10.9 Å². The van der Waals surface area contributed by atoms with E-state index in [2.05, 4.69) is 10.3 Å². The number of aromatic amines is 1. The molecule has 31 heavy (non-hydrogen) atoms. The highest BCUT2D eigenvalue weighted by Gasteiger charge is 2.40. The second-order valence-corrected chi connectivity index (χ2v) is 8.09. The molecule has 1 aromatic heterocycles. The number of imide groups is 1. The van der Waals surface area contributed by atoms with Gasteiger partial charge in [0, 0.05) is 40.9 Å². The Morgan fingerprint density at radius 3 is 2.77 bits per heavy atom. The molecule has 0 radical (unpaired) electrons. The summed E-state index contributed by atoms with van der Waals surface area (Å²) in [4.78, 5) is 52.8. The van der Waals surface area contributed by atoms with Crippen LogP contribution in [-0.4, -0.2) is 39.0 Å². The Balaban J connectivity index is 1.47. The van der Waals surface area contributed by atoms with E-state index in [9.17, 15) is 19.2 Å². The number of nitrogens with one attached hydrogen (secondary N) is 2. The number of carbonyl (C=O) groups is 4. The number of thioether (sulfide) groups is 1. The van der Waals surface area contributed by atoms with Crippen molar-refractivity contribution in [2.75, 3.05) is 10.2 Å². The first-order chi connectivity index (χ1) is 14.9. The van der Waals surface area contributed by atoms with Gasteiger partial charge in [-0.25, -0.2) is 9.69 Å². The third kappa shape index (κ3) is 4.51. The second kappa shape index (κ2) is 8.49. The van der Waals surface area contributed by atoms with Gasteiger partial charge in [0.1, 0.15) is 0 Å². The number of carbonyl (C=O) groups excluding carboxylic acids is 3. The first-order valence-electron chi connectivity index (χ1n) is 9.33. The number of benzene rings is 2. The molecule has 2 heterocycles. The number of nitrogens with zero attached hydrogens (tertiary/aromatic N) is 1. The van der Waals surface area contributed by atoms with Gasteiger partial charge in [-0.15, -0.1) is 11.8 Å². The van der Waals surface area contributed by atoms with Gasteiger partial charge in [0.05, 0.1) is 10.9 Å². The molecule has 1 saturated heterocycles. The average molecular weight is 435 g/mol. The van der Waals surface area contributed by atoms with E-state index in [0.29, 0.717) is 16.3 Å². The van der Waals surface area contributed by atoms with Crippen molar-refractivity contribution >= 4 is 57.7 Å². The van der Waals surface area contributed by atoms with Crippen molar-refractivity contribution in [1.82, 2.24) is 4.98 Å². The van der Waals surface area contributed by atoms with Gasteiger partial charge in [0.25, 0.3) is 0 Å². The number of rotatable bonds is 6. The van der Waals surface area contributed by atoms with Gasteiger partial charge in [-0.3, -0.25) is 14.4 Å². The van der Waals surface area contributed by atoms with E-state index in [0.717, 1.165) is 23.1 Å². The van der Waals surface area contributed by atoms with Crippen molar-refractivity contribution in [1.29, 1.82) is 0 Å². The van der Waals surface area contributed by atoms with Crippen molar-refractivity contribution in [2.45, 2.75) is 16.6 Å². The van der Waals surface area contributed by atoms with Crippen LogP contribution in [0.5, 0.6) is 0 Å². The molecular weight excluding hydrogens is 418 g/mol. The van der Waals surface area contributed by atoms with E-state index >= 15 is 0 Å². The number of fused-ring (bicyclic) bond motifs is 1. The van der Waals surface area contributed by atoms with E-state index in [-0.39, 0.29) is 18.2 Å². The second-order valence-electron chi connectivity index (χ2n) is 6.82. The fourth-order valence-electron chi connectivity index (χ4n) is 3.28. The Hall–Kier alpha value is -3.85. The number of aromatic nitrogens is 1. The summed E-state index contributed by atoms with van der Waals surface area (Å²) in [6, 6.07) is 14.1. The zero-order chi connectivity index (χ0) is 22.0. The molecule has 9 heteroatoms. The van der Waals surface area contributed by atoms with Crippen LogP contribution in [0.3, 0.4) is 0 Å². The summed E-state index contributed by atoms with van der Waals surface area (Å²) in [6.07, 6.45) is 3.53. The lowest BCUT2D eigenvalue weighted by molar-refractivity contribution is -0.131. The molecule has 4 rings (SSSR count). The van der Waals surface area contributed by atoms with Crippen LogP contribution in [0.4, 0.5) is 11.4 Å². The SMILES string of the molecule is O=C(O)/C=C/C(=O)Nc1cccc(SC2CC(=O)N(c3ccc4cc[nH]c4c3)C2=O)c1. The van der Waals surface area contributed by atoms with Crippen LogP contribution in [0.15, 0.2) is 71.8 Å². The molecule has 156 valence electrons. The minimum absolute atomic E-state index is 0.0736. The number of amides is 3. The van der Waals surface area contributed by atoms with E-state index in [1.54, 1.807) is 42.6 Å². The van der Waals surface area contributed by atoms with Gasteiger partial charge < -0.3 is 15.4 Å². The molecular formula is C22H17N3O5S. The van der Waals surface area contributed by atoms with Crippen molar-refractivity contribution < 1.29 is 24.3 Å². The molecule has 1 atom stereocenters. The van der Waals surface area contributed by atoms with Crippen LogP contribution in [0.1, 0.15) is 6.42 Å². The monoisotopic (exact) mass is 435 g/mol. The number of carboxylic acid groups (broad SMARTS) is 1. The maximum Gasteiger partial charge on any atom is 0.328 e. The average Bonchev–Trinajstić information content (AvgIpc) is 3.30. The largest absolute Gasteiger partial charge is 0.478 e. The number of carboxylic acids is 1. The number of H-pyrrole nitrogens is 1. The van der Waals surface area contributed by atoms with E-state index in [1.807, 2.05) is 12.1 Å². The third-order valence-corrected chi connectivity index (χ3v) is 5.84. The topological polar surface area (TPSA) is 120 Å². The smallest absolute Gasteiger partial charge is 0.328 e. The molecule has 8 nitrogen and oxygen atoms in total. The molecule has 2 aromatic carbocycles. The van der Waals surface area contributed by atoms with Crippen molar-refractivity contribution in [3.05, 3.63) is 66.9 Å². The molecule has 1 unspecified atom stereocenters. The van der Waals surface area contributed by atoms with E-state index in [1.165, 1.54) is 16.7 Å². The van der Waals surface area contributed by atoms with Crippen LogP contribution in [0.2, 0.25) is 0 Å². The Morgan fingerprint density at radius 2 is 1.97 bits per heavy atom. The first-order valence-corrected chi connectivity index (χ1v) is 10.2. The lowest BCUT2D eigenvalue weighted by Crippen LogP contribution is -2.31. The Morgan fingerprint density at radius 1 is 1.13 bits per heavy atom. The number of hydrogen-bond acceptors (Lipinski definition) is 5. The summed E-state index contributed by atoms with van der Waals surface area (Å²) in [6.45, 7) is 0. The van der Waals surface area contributed by atoms with Crippen molar-refractivity contribution in [3.8, 4) is 0 Å². The number of aliphatic carboxylic acids is 1. The normalized spacial score (nSPS) is 16.4. The molecule has 0 aliphatic carbocycles. The Bertz CT molecular complexity index is 1230. The third-order valence-electron chi connectivity index (χ3n) is 4.66. The fraction of sp³-hybridized carbons (Fsp3) is 0.0909. The predicted octanol–water partition coefficient (Wildman–Crippen LogP) is 3.17. The Labute approximate surface area is 180 Å². The van der Waals surface area contributed by atoms with Gasteiger partial charge in [-0.05, 0) is 41.8 Å². The summed E-state index contributed by atoms with van der Waals surface area (Å²) in [7, 11) is 0. The molecule has 3 aromatic rings. The first kappa shape index (κ1) is 20.4. The highest BCUT2D eigenvalue weighted by atomic mass is 32.2. The molecule has 1 aliphatic heterocycles. The standard InChI is InChI=1S/C22H17N3O5S/c26-19(6-7-21(28)29)24-14-2-1-3-16(10-14)31-18-12-20(27)25(22(18)30)15-5-4-13-8-9-23-17(13)11-15/h1-11,18,23H,12H2,(H,24,26)(H,28,29)/b7-6+. The minimum atomic E-state index is -1.22. The van der Waals surface area contributed by atoms with E-state index < -0.39 is 17.1 Å². The molecule has 1 aliphatic rings. The zero-order valence-electron chi connectivity index (χ0n) is 16.1. The lowest BCUT2D eigenvalue weighted by Gasteiger charge is -2.15. The van der Waals surface area contributed by atoms with Gasteiger partial charge >= 0.3 is 5.97 Å². The molecule has 0 spiro atoms. The highest BCUT2D eigenvalue weighted by molar-refractivity contribution is 8.00. The van der Waals surface area contributed by atoms with Crippen LogP contribution in [-0.2, 0) is 19.2 Å². The maximum absolute atomic E-state index is 12.9. The van der Waals surface area contributed by atoms with Gasteiger partial charge in [-0.1, -0.05) is 12.1 Å². The highest BCUT2D eigenvalue weighted by Crippen LogP contribution is 2.35. The van der Waals surface area contributed by atoms with Crippen LogP contribution < -0.4 is 10.2 Å². The van der Waals surface area contributed by atoms with Crippen LogP contribution in [0, 0.1) is 0 Å². The molecule has 0 bridgehead atoms. The summed E-state index contributed by atoms with van der Waals surface area (Å²) in [5.41, 5.74) is 1.82. The zero-order valence-corrected chi connectivity index (χ0v) is 16.9. The lowest BCUT2D eigenvalue weighted by atomic mass is 10.2. The van der Waals surface area contributed by atoms with E-state index in [4.69, 9.17) is 5.11 Å². The molecule has 1 fully saturated rings. The summed E-state index contributed by atoms with van der Waals surface area (Å²) < 4.78 is 0. The molecule has 0 saturated carbocycles. The van der Waals surface area contributed by atoms with Crippen molar-refractivity contribution in [2.24, 2.45) is 0 Å². The summed E-state index contributed by atoms with van der Waals surface area (Å²) in [5.74, 6) is -2.36. The predicted molar refractivity (Wildman–Crippen MR) is 117 cm³/mol. The van der Waals surface area contributed by atoms with Gasteiger partial charge in [-0.2, -0.15) is 0 Å². The van der Waals surface area contributed by atoms with Gasteiger partial charge in [0.2, 0.25) is 17.7 Å². The number of anilines is 2. The van der Waals surface area contributed by atoms with Crippen LogP contribution >= 0.6 is 11.8 Å². The maximum atomic E-state index is 12.9. The summed E-state index contributed by atoms with van der Waals surface area (Å²) >= 11 is 1.24. The summed E-state index contributed by atoms with van der Waals surface area (Å²) in [5, 5.41) is 11.6. The quantitative estimate of drug-likeness (QED) is 0.404.